The fourth-order valence-electron chi connectivity index (χ4n) is 2.82. The maximum atomic E-state index is 5.60. The number of rotatable bonds is 7. The van der Waals surface area contributed by atoms with E-state index in [9.17, 15) is 0 Å². The maximum absolute atomic E-state index is 5.60. The molecule has 0 spiro atoms. The van der Waals surface area contributed by atoms with Crippen molar-refractivity contribution in [2.24, 2.45) is 5.73 Å². The summed E-state index contributed by atoms with van der Waals surface area (Å²) in [5.41, 5.74) is 6.92. The van der Waals surface area contributed by atoms with Crippen molar-refractivity contribution in [3.05, 3.63) is 29.8 Å². The van der Waals surface area contributed by atoms with Crippen molar-refractivity contribution in [2.75, 3.05) is 52.9 Å². The number of piperazine rings is 1. The summed E-state index contributed by atoms with van der Waals surface area (Å²) in [4.78, 5) is 5.01. The second kappa shape index (κ2) is 8.25. The largest absolute Gasteiger partial charge is 0.496 e. The van der Waals surface area contributed by atoms with E-state index >= 15 is 0 Å². The normalized spacial score (nSPS) is 17.3. The van der Waals surface area contributed by atoms with E-state index in [1.165, 1.54) is 31.6 Å². The number of ether oxygens (including phenoxy) is 1. The summed E-state index contributed by atoms with van der Waals surface area (Å²) in [6.45, 7) is 7.65. The van der Waals surface area contributed by atoms with Crippen LogP contribution >= 0.6 is 0 Å². The Morgan fingerprint density at radius 1 is 1.05 bits per heavy atom. The van der Waals surface area contributed by atoms with Crippen molar-refractivity contribution >= 4 is 0 Å². The molecule has 1 aromatic carbocycles. The van der Waals surface area contributed by atoms with Crippen LogP contribution in [0.2, 0.25) is 0 Å². The van der Waals surface area contributed by atoms with Crippen LogP contribution in [0.15, 0.2) is 24.3 Å². The minimum Gasteiger partial charge on any atom is -0.496 e. The molecule has 1 aliphatic heterocycles. The predicted octanol–water partition coefficient (Wildman–Crippen LogP) is 1.20. The van der Waals surface area contributed by atoms with E-state index in [2.05, 4.69) is 21.9 Å². The SMILES string of the molecule is COc1ccccc1CCCN1CCN(CCN)CC1. The third-order valence-electron chi connectivity index (χ3n) is 4.02. The van der Waals surface area contributed by atoms with E-state index in [0.717, 1.165) is 38.3 Å². The molecule has 1 aromatic rings. The highest BCUT2D eigenvalue weighted by molar-refractivity contribution is 5.33. The predicted molar refractivity (Wildman–Crippen MR) is 83.2 cm³/mol. The zero-order valence-corrected chi connectivity index (χ0v) is 12.6. The van der Waals surface area contributed by atoms with Crippen LogP contribution < -0.4 is 10.5 Å². The molecule has 20 heavy (non-hydrogen) atoms. The smallest absolute Gasteiger partial charge is 0.122 e. The van der Waals surface area contributed by atoms with Gasteiger partial charge in [0, 0.05) is 39.3 Å². The van der Waals surface area contributed by atoms with E-state index < -0.39 is 0 Å². The van der Waals surface area contributed by atoms with Crippen LogP contribution in [-0.2, 0) is 6.42 Å². The first-order valence-electron chi connectivity index (χ1n) is 7.60. The third-order valence-corrected chi connectivity index (χ3v) is 4.02. The lowest BCUT2D eigenvalue weighted by Crippen LogP contribution is -2.47. The second-order valence-corrected chi connectivity index (χ2v) is 5.39. The van der Waals surface area contributed by atoms with Gasteiger partial charge in [-0.15, -0.1) is 0 Å². The van der Waals surface area contributed by atoms with Gasteiger partial charge in [0.15, 0.2) is 0 Å². The standard InChI is InChI=1S/C16H27N3O/c1-20-16-7-3-2-5-15(16)6-4-9-18-11-13-19(10-8-17)14-12-18/h2-3,5,7H,4,6,8-14,17H2,1H3. The van der Waals surface area contributed by atoms with Crippen LogP contribution in [0, 0.1) is 0 Å². The molecule has 1 fully saturated rings. The minimum atomic E-state index is 0.772. The lowest BCUT2D eigenvalue weighted by atomic mass is 10.1. The van der Waals surface area contributed by atoms with Crippen molar-refractivity contribution in [1.29, 1.82) is 0 Å². The number of hydrogen-bond acceptors (Lipinski definition) is 4. The number of methoxy groups -OCH3 is 1. The number of aryl methyl sites for hydroxylation is 1. The van der Waals surface area contributed by atoms with Crippen LogP contribution in [0.3, 0.4) is 0 Å². The number of nitrogens with zero attached hydrogens (tertiary/aromatic N) is 2. The lowest BCUT2D eigenvalue weighted by Gasteiger charge is -2.34. The van der Waals surface area contributed by atoms with Crippen LogP contribution in [0.25, 0.3) is 0 Å². The second-order valence-electron chi connectivity index (χ2n) is 5.39. The van der Waals surface area contributed by atoms with E-state index in [1.807, 2.05) is 12.1 Å². The van der Waals surface area contributed by atoms with E-state index in [1.54, 1.807) is 7.11 Å². The highest BCUT2D eigenvalue weighted by atomic mass is 16.5. The highest BCUT2D eigenvalue weighted by Gasteiger charge is 2.15. The van der Waals surface area contributed by atoms with Crippen molar-refractivity contribution in [3.8, 4) is 5.75 Å². The Balaban J connectivity index is 1.69. The quantitative estimate of drug-likeness (QED) is 0.813. The van der Waals surface area contributed by atoms with E-state index in [0.29, 0.717) is 0 Å². The van der Waals surface area contributed by atoms with Gasteiger partial charge in [0.2, 0.25) is 0 Å². The third kappa shape index (κ3) is 4.47. The molecule has 0 unspecified atom stereocenters. The van der Waals surface area contributed by atoms with Gasteiger partial charge in [0.05, 0.1) is 7.11 Å². The Bertz CT molecular complexity index is 389. The van der Waals surface area contributed by atoms with Crippen LogP contribution in [0.5, 0.6) is 5.75 Å². The molecule has 1 aliphatic rings. The maximum Gasteiger partial charge on any atom is 0.122 e. The molecular formula is C16H27N3O. The summed E-state index contributed by atoms with van der Waals surface area (Å²) in [5.74, 6) is 1.01. The monoisotopic (exact) mass is 277 g/mol. The Morgan fingerprint density at radius 2 is 1.70 bits per heavy atom. The lowest BCUT2D eigenvalue weighted by molar-refractivity contribution is 0.134. The van der Waals surface area contributed by atoms with Gasteiger partial charge < -0.3 is 15.4 Å². The van der Waals surface area contributed by atoms with Crippen molar-refractivity contribution in [3.63, 3.8) is 0 Å². The van der Waals surface area contributed by atoms with Crippen molar-refractivity contribution in [1.82, 2.24) is 9.80 Å². The molecule has 0 radical (unpaired) electrons. The summed E-state index contributed by atoms with van der Waals surface area (Å²) in [7, 11) is 1.75. The number of benzene rings is 1. The summed E-state index contributed by atoms with van der Waals surface area (Å²) in [6.07, 6.45) is 2.28. The Morgan fingerprint density at radius 3 is 2.35 bits per heavy atom. The molecule has 0 aliphatic carbocycles. The topological polar surface area (TPSA) is 41.7 Å². The highest BCUT2D eigenvalue weighted by Crippen LogP contribution is 2.19. The van der Waals surface area contributed by atoms with Gasteiger partial charge in [-0.25, -0.2) is 0 Å². The molecule has 2 rings (SSSR count). The van der Waals surface area contributed by atoms with Gasteiger partial charge in [-0.3, -0.25) is 4.90 Å². The zero-order chi connectivity index (χ0) is 14.2. The number of para-hydroxylation sites is 1. The van der Waals surface area contributed by atoms with Gasteiger partial charge in [0.25, 0.3) is 0 Å². The van der Waals surface area contributed by atoms with Crippen molar-refractivity contribution in [2.45, 2.75) is 12.8 Å². The average Bonchev–Trinajstić information content (AvgIpc) is 2.50. The molecular weight excluding hydrogens is 250 g/mol. The first-order chi connectivity index (χ1) is 9.83. The number of hydrogen-bond donors (Lipinski definition) is 1. The summed E-state index contributed by atoms with van der Waals surface area (Å²) in [5, 5.41) is 0. The van der Waals surface area contributed by atoms with Crippen LogP contribution in [0.1, 0.15) is 12.0 Å². The molecule has 4 heteroatoms. The van der Waals surface area contributed by atoms with Crippen molar-refractivity contribution < 1.29 is 4.74 Å². The van der Waals surface area contributed by atoms with Crippen LogP contribution in [-0.4, -0.2) is 62.7 Å². The van der Waals surface area contributed by atoms with Gasteiger partial charge >= 0.3 is 0 Å². The average molecular weight is 277 g/mol. The Labute approximate surface area is 122 Å². The van der Waals surface area contributed by atoms with E-state index in [4.69, 9.17) is 10.5 Å². The molecule has 4 nitrogen and oxygen atoms in total. The fourth-order valence-corrected chi connectivity index (χ4v) is 2.82. The first-order valence-corrected chi connectivity index (χ1v) is 7.60. The molecule has 112 valence electrons. The zero-order valence-electron chi connectivity index (χ0n) is 12.6. The summed E-state index contributed by atoms with van der Waals surface area (Å²) in [6, 6.07) is 8.32. The van der Waals surface area contributed by atoms with Gasteiger partial charge in [-0.05, 0) is 31.0 Å². The van der Waals surface area contributed by atoms with Gasteiger partial charge in [-0.1, -0.05) is 18.2 Å². The molecule has 0 atom stereocenters. The molecule has 0 bridgehead atoms. The Hall–Kier alpha value is -1.10. The molecule has 0 saturated carbocycles. The number of nitrogens with two attached hydrogens (primary N) is 1. The van der Waals surface area contributed by atoms with Gasteiger partial charge in [-0.2, -0.15) is 0 Å². The molecule has 2 N–H and O–H groups in total. The first kappa shape index (κ1) is 15.3. The van der Waals surface area contributed by atoms with E-state index in [-0.39, 0.29) is 0 Å². The minimum absolute atomic E-state index is 0.772. The molecule has 1 heterocycles. The molecule has 0 amide bonds. The fraction of sp³-hybridized carbons (Fsp3) is 0.625. The molecule has 0 aromatic heterocycles. The van der Waals surface area contributed by atoms with Gasteiger partial charge in [0.1, 0.15) is 5.75 Å². The van der Waals surface area contributed by atoms with Crippen LogP contribution in [0.4, 0.5) is 0 Å². The molecule has 1 saturated heterocycles. The Kier molecular flexibility index (Phi) is 6.30. The summed E-state index contributed by atoms with van der Waals surface area (Å²) >= 11 is 0. The summed E-state index contributed by atoms with van der Waals surface area (Å²) < 4.78 is 5.40.